The topological polar surface area (TPSA) is 63.8 Å². The van der Waals surface area contributed by atoms with Gasteiger partial charge in [0.2, 0.25) is 0 Å². The average molecular weight is 280 g/mol. The molecule has 1 aromatic carbocycles. The molecule has 0 bridgehead atoms. The van der Waals surface area contributed by atoms with Crippen LogP contribution in [0.3, 0.4) is 0 Å². The molecule has 1 N–H and O–H groups in total. The summed E-state index contributed by atoms with van der Waals surface area (Å²) in [5, 5.41) is 3.40. The molecule has 0 aliphatic carbocycles. The van der Waals surface area contributed by atoms with Crippen molar-refractivity contribution in [3.63, 3.8) is 0 Å². The van der Waals surface area contributed by atoms with Crippen molar-refractivity contribution < 1.29 is 4.42 Å². The molecule has 0 aliphatic heterocycles. The number of anilines is 1. The van der Waals surface area contributed by atoms with E-state index in [-0.39, 0.29) is 6.04 Å². The zero-order valence-corrected chi connectivity index (χ0v) is 11.9. The first-order chi connectivity index (χ1) is 10.2. The lowest BCUT2D eigenvalue weighted by Crippen LogP contribution is -2.08. The summed E-state index contributed by atoms with van der Waals surface area (Å²) >= 11 is 0. The van der Waals surface area contributed by atoms with Crippen molar-refractivity contribution in [2.75, 3.05) is 5.32 Å². The number of aromatic nitrogens is 3. The lowest BCUT2D eigenvalue weighted by Gasteiger charge is -2.14. The third-order valence-electron chi connectivity index (χ3n) is 3.21. The maximum Gasteiger partial charge on any atom is 0.191 e. The molecule has 2 aromatic heterocycles. The Balaban J connectivity index is 1.73. The Bertz CT molecular complexity index is 707. The van der Waals surface area contributed by atoms with Crippen molar-refractivity contribution in [2.45, 2.75) is 19.9 Å². The number of hydrogen-bond acceptors (Lipinski definition) is 5. The van der Waals surface area contributed by atoms with Crippen LogP contribution in [0.2, 0.25) is 0 Å². The van der Waals surface area contributed by atoms with Crippen molar-refractivity contribution in [3.05, 3.63) is 60.7 Å². The van der Waals surface area contributed by atoms with Crippen molar-refractivity contribution in [2.24, 2.45) is 0 Å². The summed E-state index contributed by atoms with van der Waals surface area (Å²) in [5.74, 6) is 0.670. The van der Waals surface area contributed by atoms with E-state index in [1.54, 1.807) is 24.9 Å². The highest BCUT2D eigenvalue weighted by atomic mass is 16.3. The zero-order valence-electron chi connectivity index (χ0n) is 11.9. The van der Waals surface area contributed by atoms with Gasteiger partial charge in [-0.2, -0.15) is 0 Å². The van der Waals surface area contributed by atoms with Crippen molar-refractivity contribution in [1.82, 2.24) is 15.0 Å². The zero-order chi connectivity index (χ0) is 14.7. The second kappa shape index (κ2) is 5.75. The molecule has 2 heterocycles. The quantitative estimate of drug-likeness (QED) is 0.790. The normalized spacial score (nSPS) is 12.1. The van der Waals surface area contributed by atoms with Gasteiger partial charge in [0.15, 0.2) is 5.89 Å². The molecule has 0 saturated heterocycles. The fourth-order valence-electron chi connectivity index (χ4n) is 2.09. The third-order valence-corrected chi connectivity index (χ3v) is 3.21. The van der Waals surface area contributed by atoms with Gasteiger partial charge in [0.1, 0.15) is 12.0 Å². The Morgan fingerprint density at radius 2 is 1.95 bits per heavy atom. The van der Waals surface area contributed by atoms with Gasteiger partial charge in [-0.3, -0.25) is 9.97 Å². The minimum Gasteiger partial charge on any atom is -0.449 e. The molecule has 3 rings (SSSR count). The molecule has 5 heteroatoms. The third kappa shape index (κ3) is 3.08. The molecule has 0 amide bonds. The van der Waals surface area contributed by atoms with Gasteiger partial charge in [0.05, 0.1) is 17.9 Å². The lowest BCUT2D eigenvalue weighted by molar-refractivity contribution is 0.521. The van der Waals surface area contributed by atoms with Crippen LogP contribution in [0.15, 0.2) is 53.5 Å². The van der Waals surface area contributed by atoms with Crippen molar-refractivity contribution >= 4 is 5.69 Å². The predicted octanol–water partition coefficient (Wildman–Crippen LogP) is 3.61. The monoisotopic (exact) mass is 280 g/mol. The number of oxazole rings is 1. The van der Waals surface area contributed by atoms with Crippen LogP contribution in [0.4, 0.5) is 5.69 Å². The largest absolute Gasteiger partial charge is 0.449 e. The van der Waals surface area contributed by atoms with Crippen LogP contribution < -0.4 is 5.32 Å². The van der Waals surface area contributed by atoms with E-state index in [0.717, 1.165) is 22.6 Å². The van der Waals surface area contributed by atoms with E-state index in [4.69, 9.17) is 4.42 Å². The predicted molar refractivity (Wildman–Crippen MR) is 80.7 cm³/mol. The average Bonchev–Trinajstić information content (AvgIpc) is 2.95. The maximum absolute atomic E-state index is 5.23. The van der Waals surface area contributed by atoms with E-state index in [9.17, 15) is 0 Å². The molecule has 0 saturated carbocycles. The van der Waals surface area contributed by atoms with Gasteiger partial charge in [-0.1, -0.05) is 12.1 Å². The SMILES string of the molecule is Cc1nc(-c2ccc(NC(C)c3cnccn3)cc2)co1. The number of aryl methyl sites for hydroxylation is 1. The minimum absolute atomic E-state index is 0.0962. The van der Waals surface area contributed by atoms with Gasteiger partial charge in [0.25, 0.3) is 0 Å². The number of hydrogen-bond donors (Lipinski definition) is 1. The summed E-state index contributed by atoms with van der Waals surface area (Å²) in [6, 6.07) is 8.17. The molecule has 21 heavy (non-hydrogen) atoms. The van der Waals surface area contributed by atoms with Gasteiger partial charge in [-0.25, -0.2) is 4.98 Å². The van der Waals surface area contributed by atoms with Gasteiger partial charge in [-0.05, 0) is 19.1 Å². The second-order valence-corrected chi connectivity index (χ2v) is 4.83. The van der Waals surface area contributed by atoms with Gasteiger partial charge >= 0.3 is 0 Å². The number of nitrogens with one attached hydrogen (secondary N) is 1. The van der Waals surface area contributed by atoms with E-state index in [1.165, 1.54) is 0 Å². The molecule has 1 unspecified atom stereocenters. The van der Waals surface area contributed by atoms with Gasteiger partial charge < -0.3 is 9.73 Å². The van der Waals surface area contributed by atoms with Crippen LogP contribution in [-0.2, 0) is 0 Å². The minimum atomic E-state index is 0.0962. The fraction of sp³-hybridized carbons (Fsp3) is 0.188. The first-order valence-electron chi connectivity index (χ1n) is 6.77. The Hall–Kier alpha value is -2.69. The fourth-order valence-corrected chi connectivity index (χ4v) is 2.09. The molecule has 0 radical (unpaired) electrons. The molecule has 0 fully saturated rings. The molecule has 1 atom stereocenters. The Morgan fingerprint density at radius 1 is 1.14 bits per heavy atom. The first kappa shape index (κ1) is 13.3. The van der Waals surface area contributed by atoms with Crippen molar-refractivity contribution in [1.29, 1.82) is 0 Å². The Kier molecular flexibility index (Phi) is 3.64. The summed E-state index contributed by atoms with van der Waals surface area (Å²) in [4.78, 5) is 12.7. The standard InChI is InChI=1S/C16H16N4O/c1-11(15-9-17-7-8-18-15)19-14-5-3-13(4-6-14)16-10-21-12(2)20-16/h3-11,19H,1-2H3. The Labute approximate surface area is 123 Å². The van der Waals surface area contributed by atoms with Crippen LogP contribution in [-0.4, -0.2) is 15.0 Å². The van der Waals surface area contributed by atoms with Crippen molar-refractivity contribution in [3.8, 4) is 11.3 Å². The number of rotatable bonds is 4. The Morgan fingerprint density at radius 3 is 2.57 bits per heavy atom. The summed E-state index contributed by atoms with van der Waals surface area (Å²) < 4.78 is 5.23. The van der Waals surface area contributed by atoms with Crippen LogP contribution in [0.5, 0.6) is 0 Å². The molecule has 5 nitrogen and oxygen atoms in total. The first-order valence-corrected chi connectivity index (χ1v) is 6.77. The highest BCUT2D eigenvalue weighted by Crippen LogP contribution is 2.22. The lowest BCUT2D eigenvalue weighted by atomic mass is 10.1. The number of nitrogens with zero attached hydrogens (tertiary/aromatic N) is 3. The highest BCUT2D eigenvalue weighted by molar-refractivity contribution is 5.62. The van der Waals surface area contributed by atoms with Gasteiger partial charge in [-0.15, -0.1) is 0 Å². The second-order valence-electron chi connectivity index (χ2n) is 4.83. The molecule has 0 spiro atoms. The number of benzene rings is 1. The van der Waals surface area contributed by atoms with E-state index < -0.39 is 0 Å². The summed E-state index contributed by atoms with van der Waals surface area (Å²) in [7, 11) is 0. The van der Waals surface area contributed by atoms with Crippen LogP contribution in [0.25, 0.3) is 11.3 Å². The summed E-state index contributed by atoms with van der Waals surface area (Å²) in [5.41, 5.74) is 3.82. The maximum atomic E-state index is 5.23. The molecular weight excluding hydrogens is 264 g/mol. The smallest absolute Gasteiger partial charge is 0.191 e. The summed E-state index contributed by atoms with van der Waals surface area (Å²) in [6.45, 7) is 3.89. The molecule has 0 aliphatic rings. The van der Waals surface area contributed by atoms with Crippen LogP contribution in [0, 0.1) is 6.92 Å². The van der Waals surface area contributed by atoms with E-state index >= 15 is 0 Å². The molecule has 3 aromatic rings. The van der Waals surface area contributed by atoms with E-state index in [0.29, 0.717) is 5.89 Å². The summed E-state index contributed by atoms with van der Waals surface area (Å²) in [6.07, 6.45) is 6.80. The van der Waals surface area contributed by atoms with E-state index in [1.807, 2.05) is 31.2 Å². The van der Waals surface area contributed by atoms with E-state index in [2.05, 4.69) is 27.2 Å². The molecule has 106 valence electrons. The highest BCUT2D eigenvalue weighted by Gasteiger charge is 2.07. The van der Waals surface area contributed by atoms with Crippen LogP contribution in [0.1, 0.15) is 24.6 Å². The van der Waals surface area contributed by atoms with Gasteiger partial charge in [0, 0.05) is 30.6 Å². The van der Waals surface area contributed by atoms with Crippen LogP contribution >= 0.6 is 0 Å². The molecular formula is C16H16N4O.